The predicted octanol–water partition coefficient (Wildman–Crippen LogP) is 4.27. The van der Waals surface area contributed by atoms with Gasteiger partial charge in [-0.2, -0.15) is 0 Å². The summed E-state index contributed by atoms with van der Waals surface area (Å²) in [5.41, 5.74) is 5.63. The van der Waals surface area contributed by atoms with Gasteiger partial charge in [-0.15, -0.1) is 5.73 Å². The Morgan fingerprint density at radius 2 is 1.93 bits per heavy atom. The molecule has 0 fully saturated rings. The molecule has 0 bridgehead atoms. The second kappa shape index (κ2) is 12.9. The molecule has 3 N–H and O–H groups in total. The minimum atomic E-state index is -0.731. The minimum Gasteiger partial charge on any atom is -0.491 e. The van der Waals surface area contributed by atoms with E-state index in [1.165, 1.54) is 0 Å². The molecule has 1 aromatic carbocycles. The van der Waals surface area contributed by atoms with E-state index in [-0.39, 0.29) is 13.2 Å². The van der Waals surface area contributed by atoms with Crippen LogP contribution in [-0.2, 0) is 0 Å². The number of aliphatic hydroxyl groups is 3. The fourth-order valence-corrected chi connectivity index (χ4v) is 3.02. The first-order chi connectivity index (χ1) is 14.2. The number of rotatable bonds is 12. The number of nitrogens with zero attached hydrogens (tertiary/aromatic N) is 1. The molecule has 0 aliphatic carbocycles. The zero-order valence-electron chi connectivity index (χ0n) is 17.0. The van der Waals surface area contributed by atoms with Gasteiger partial charge in [0, 0.05) is 24.6 Å². The van der Waals surface area contributed by atoms with Crippen molar-refractivity contribution in [2.75, 3.05) is 13.2 Å². The maximum Gasteiger partial charge on any atom is 0.125 e. The number of unbranched alkanes of at least 4 members (excludes halogenated alkanes) is 1. The van der Waals surface area contributed by atoms with Gasteiger partial charge in [0.1, 0.15) is 18.5 Å². The second-order valence-electron chi connectivity index (χ2n) is 6.89. The van der Waals surface area contributed by atoms with E-state index in [1.807, 2.05) is 42.5 Å². The van der Waals surface area contributed by atoms with Crippen LogP contribution in [0.5, 0.6) is 5.75 Å². The summed E-state index contributed by atoms with van der Waals surface area (Å²) in [6, 6.07) is 12.8. The number of hydrogen-bond donors (Lipinski definition) is 3. The van der Waals surface area contributed by atoms with E-state index in [0.717, 1.165) is 24.8 Å². The third kappa shape index (κ3) is 7.84. The highest BCUT2D eigenvalue weighted by Crippen LogP contribution is 2.28. The zero-order valence-corrected chi connectivity index (χ0v) is 17.0. The smallest absolute Gasteiger partial charge is 0.125 e. The lowest BCUT2D eigenvalue weighted by Crippen LogP contribution is -2.06. The van der Waals surface area contributed by atoms with Crippen LogP contribution in [0.3, 0.4) is 0 Å². The van der Waals surface area contributed by atoms with Crippen molar-refractivity contribution in [2.24, 2.45) is 0 Å². The van der Waals surface area contributed by atoms with Gasteiger partial charge in [0.2, 0.25) is 0 Å². The van der Waals surface area contributed by atoms with E-state index in [1.54, 1.807) is 12.3 Å². The van der Waals surface area contributed by atoms with E-state index in [4.69, 9.17) is 9.84 Å². The van der Waals surface area contributed by atoms with Crippen LogP contribution in [0.25, 0.3) is 0 Å². The Bertz CT molecular complexity index is 784. The molecule has 2 atom stereocenters. The van der Waals surface area contributed by atoms with E-state index < -0.39 is 12.2 Å². The highest BCUT2D eigenvalue weighted by atomic mass is 16.5. The molecule has 0 amide bonds. The van der Waals surface area contributed by atoms with Gasteiger partial charge >= 0.3 is 0 Å². The molecule has 0 saturated heterocycles. The number of aliphatic hydroxyl groups excluding tert-OH is 3. The maximum atomic E-state index is 10.6. The molecule has 1 heterocycles. The van der Waals surface area contributed by atoms with Crippen molar-refractivity contribution >= 4 is 0 Å². The Labute approximate surface area is 173 Å². The molecule has 0 radical (unpaired) electrons. The first-order valence-corrected chi connectivity index (χ1v) is 10.2. The number of para-hydroxylation sites is 1. The van der Waals surface area contributed by atoms with Gasteiger partial charge in [0.05, 0.1) is 18.4 Å². The van der Waals surface area contributed by atoms with E-state index >= 15 is 0 Å². The third-order valence-electron chi connectivity index (χ3n) is 4.58. The summed E-state index contributed by atoms with van der Waals surface area (Å²) in [4.78, 5) is 4.22. The van der Waals surface area contributed by atoms with Crippen molar-refractivity contribution < 1.29 is 20.1 Å². The Kier molecular flexibility index (Phi) is 10.2. The Hall–Kier alpha value is -2.43. The topological polar surface area (TPSA) is 82.8 Å². The van der Waals surface area contributed by atoms with Gasteiger partial charge in [-0.25, -0.2) is 0 Å². The summed E-state index contributed by atoms with van der Waals surface area (Å²) in [6.45, 7) is 2.24. The van der Waals surface area contributed by atoms with Gasteiger partial charge in [-0.05, 0) is 42.7 Å². The Morgan fingerprint density at radius 1 is 1.14 bits per heavy atom. The van der Waals surface area contributed by atoms with Crippen molar-refractivity contribution in [1.82, 2.24) is 4.98 Å². The van der Waals surface area contributed by atoms with Crippen molar-refractivity contribution in [3.8, 4) is 5.75 Å². The zero-order chi connectivity index (χ0) is 20.9. The molecule has 1 aromatic heterocycles. The van der Waals surface area contributed by atoms with Gasteiger partial charge in [0.25, 0.3) is 0 Å². The van der Waals surface area contributed by atoms with E-state index in [0.29, 0.717) is 29.8 Å². The average Bonchev–Trinajstić information content (AvgIpc) is 2.76. The van der Waals surface area contributed by atoms with Gasteiger partial charge in [-0.3, -0.25) is 4.98 Å². The lowest BCUT2D eigenvalue weighted by atomic mass is 10.00. The highest BCUT2D eigenvalue weighted by molar-refractivity contribution is 5.35. The normalized spacial score (nSPS) is 12.7. The summed E-state index contributed by atoms with van der Waals surface area (Å²) in [5.74, 6) is 0.572. The number of aromatic nitrogens is 1. The maximum absolute atomic E-state index is 10.6. The molecule has 5 nitrogen and oxygen atoms in total. The molecule has 0 aliphatic heterocycles. The molecule has 29 heavy (non-hydrogen) atoms. The largest absolute Gasteiger partial charge is 0.491 e. The molecule has 2 aromatic rings. The molecular formula is C24H31NO4. The lowest BCUT2D eigenvalue weighted by molar-refractivity contribution is 0.166. The average molecular weight is 398 g/mol. The summed E-state index contributed by atoms with van der Waals surface area (Å²) in [5, 5.41) is 30.0. The van der Waals surface area contributed by atoms with Crippen molar-refractivity contribution in [3.63, 3.8) is 0 Å². The van der Waals surface area contributed by atoms with E-state index in [9.17, 15) is 10.2 Å². The summed E-state index contributed by atoms with van der Waals surface area (Å²) in [7, 11) is 0. The van der Waals surface area contributed by atoms with Crippen LogP contribution in [0.15, 0.2) is 66.0 Å². The quantitative estimate of drug-likeness (QED) is 0.466. The van der Waals surface area contributed by atoms with Gasteiger partial charge in [0.15, 0.2) is 0 Å². The molecule has 0 saturated carbocycles. The van der Waals surface area contributed by atoms with Crippen molar-refractivity contribution in [2.45, 2.75) is 51.2 Å². The Morgan fingerprint density at radius 3 is 2.66 bits per heavy atom. The van der Waals surface area contributed by atoms with Crippen LogP contribution < -0.4 is 4.74 Å². The molecular weight excluding hydrogens is 366 g/mol. The van der Waals surface area contributed by atoms with Crippen LogP contribution in [0.1, 0.15) is 62.5 Å². The van der Waals surface area contributed by atoms with Gasteiger partial charge < -0.3 is 20.1 Å². The Balaban J connectivity index is 2.08. The van der Waals surface area contributed by atoms with Crippen LogP contribution >= 0.6 is 0 Å². The van der Waals surface area contributed by atoms with Gasteiger partial charge in [-0.1, -0.05) is 37.6 Å². The van der Waals surface area contributed by atoms with Crippen molar-refractivity contribution in [3.05, 3.63) is 77.3 Å². The second-order valence-corrected chi connectivity index (χ2v) is 6.89. The molecule has 0 unspecified atom stereocenters. The summed E-state index contributed by atoms with van der Waals surface area (Å²) >= 11 is 0. The predicted molar refractivity (Wildman–Crippen MR) is 114 cm³/mol. The number of benzene rings is 1. The fraction of sp³-hybridized carbons (Fsp3) is 0.417. The molecule has 156 valence electrons. The van der Waals surface area contributed by atoms with Crippen LogP contribution in [0.2, 0.25) is 0 Å². The number of pyridine rings is 1. The van der Waals surface area contributed by atoms with Crippen molar-refractivity contribution in [1.29, 1.82) is 0 Å². The minimum absolute atomic E-state index is 0.0769. The molecule has 2 rings (SSSR count). The highest BCUT2D eigenvalue weighted by Gasteiger charge is 2.13. The number of ether oxygens (including phenoxy) is 1. The van der Waals surface area contributed by atoms with Crippen LogP contribution in [0, 0.1) is 0 Å². The van der Waals surface area contributed by atoms with Crippen LogP contribution in [-0.4, -0.2) is 33.5 Å². The first-order valence-electron chi connectivity index (χ1n) is 10.2. The summed E-state index contributed by atoms with van der Waals surface area (Å²) in [6.07, 6.45) is 5.89. The van der Waals surface area contributed by atoms with E-state index in [2.05, 4.69) is 17.6 Å². The SMILES string of the molecule is CCCCC(=C=CC[C@H](O)c1ccccc1OCCO)C[C@H](O)c1ccccn1. The van der Waals surface area contributed by atoms with Crippen LogP contribution in [0.4, 0.5) is 0 Å². The monoisotopic (exact) mass is 397 g/mol. The first kappa shape index (κ1) is 22.9. The lowest BCUT2D eigenvalue weighted by Gasteiger charge is -2.14. The molecule has 5 heteroatoms. The number of hydrogen-bond acceptors (Lipinski definition) is 5. The molecule has 0 aliphatic rings. The fourth-order valence-electron chi connectivity index (χ4n) is 3.02. The third-order valence-corrected chi connectivity index (χ3v) is 4.58. The molecule has 0 spiro atoms. The standard InChI is InChI=1S/C24H31NO4/c1-2-3-9-19(18-23(28)21-12-6-7-15-25-21)10-8-13-22(27)20-11-4-5-14-24(20)29-17-16-26/h4-8,11-12,14-15,22-23,26-28H,2-3,9,13,16-18H2,1H3/t10?,22-,23-/m0/s1. The summed E-state index contributed by atoms with van der Waals surface area (Å²) < 4.78 is 5.50.